The monoisotopic (exact) mass is 228 g/mol. The molecule has 0 unspecified atom stereocenters. The van der Waals surface area contributed by atoms with E-state index in [2.05, 4.69) is 23.8 Å². The number of ether oxygens (including phenoxy) is 1. The topological polar surface area (TPSA) is 32.8 Å². The zero-order chi connectivity index (χ0) is 11.8. The fourth-order valence-electron chi connectivity index (χ4n) is 1.82. The summed E-state index contributed by atoms with van der Waals surface area (Å²) in [6, 6.07) is 0. The van der Waals surface area contributed by atoms with Crippen molar-refractivity contribution in [3.63, 3.8) is 0 Å². The predicted octanol–water partition coefficient (Wildman–Crippen LogP) is 0.967. The lowest BCUT2D eigenvalue weighted by Gasteiger charge is -2.18. The maximum absolute atomic E-state index is 11.5. The fraction of sp³-hybridized carbons (Fsp3) is 0.917. The van der Waals surface area contributed by atoms with Crippen molar-refractivity contribution in [2.45, 2.75) is 26.2 Å². The van der Waals surface area contributed by atoms with Crippen molar-refractivity contribution in [2.24, 2.45) is 0 Å². The molecule has 0 aromatic rings. The van der Waals surface area contributed by atoms with Gasteiger partial charge in [0.25, 0.3) is 0 Å². The van der Waals surface area contributed by atoms with Gasteiger partial charge >= 0.3 is 5.97 Å². The number of esters is 1. The van der Waals surface area contributed by atoms with Gasteiger partial charge in [0.15, 0.2) is 0 Å². The molecule has 0 aliphatic carbocycles. The highest BCUT2D eigenvalue weighted by Crippen LogP contribution is 2.01. The first-order chi connectivity index (χ1) is 7.72. The van der Waals surface area contributed by atoms with Crippen molar-refractivity contribution in [1.82, 2.24) is 9.80 Å². The Morgan fingerprint density at radius 3 is 2.81 bits per heavy atom. The van der Waals surface area contributed by atoms with Crippen LogP contribution in [0.4, 0.5) is 0 Å². The maximum atomic E-state index is 11.5. The van der Waals surface area contributed by atoms with Gasteiger partial charge in [-0.15, -0.1) is 0 Å². The number of unbranched alkanes of at least 4 members (excludes halogenated alkanes) is 1. The fourth-order valence-corrected chi connectivity index (χ4v) is 1.82. The molecule has 4 heteroatoms. The van der Waals surface area contributed by atoms with Gasteiger partial charge in [-0.3, -0.25) is 9.69 Å². The molecule has 1 saturated heterocycles. The summed E-state index contributed by atoms with van der Waals surface area (Å²) in [4.78, 5) is 16.0. The third-order valence-electron chi connectivity index (χ3n) is 2.93. The first kappa shape index (κ1) is 13.5. The Bertz CT molecular complexity index is 209. The number of hydrogen-bond donors (Lipinski definition) is 0. The van der Waals surface area contributed by atoms with E-state index in [1.807, 2.05) is 0 Å². The van der Waals surface area contributed by atoms with Crippen molar-refractivity contribution < 1.29 is 9.53 Å². The molecule has 0 aromatic heterocycles. The van der Waals surface area contributed by atoms with E-state index in [0.717, 1.165) is 45.4 Å². The summed E-state index contributed by atoms with van der Waals surface area (Å²) in [5.74, 6) is -0.0713. The third-order valence-corrected chi connectivity index (χ3v) is 2.93. The standard InChI is InChI=1S/C12H24N2O2/c1-3-4-10-16-12(15)11-14-7-5-6-13(2)8-9-14/h3-11H2,1-2H3. The summed E-state index contributed by atoms with van der Waals surface area (Å²) in [7, 11) is 2.13. The van der Waals surface area contributed by atoms with Gasteiger partial charge in [-0.05, 0) is 26.4 Å². The largest absolute Gasteiger partial charge is 0.465 e. The van der Waals surface area contributed by atoms with E-state index in [9.17, 15) is 4.79 Å². The lowest BCUT2D eigenvalue weighted by molar-refractivity contribution is -0.145. The zero-order valence-corrected chi connectivity index (χ0v) is 10.6. The maximum Gasteiger partial charge on any atom is 0.320 e. The number of carbonyl (C=O) groups excluding carboxylic acids is 1. The first-order valence-corrected chi connectivity index (χ1v) is 6.29. The molecule has 1 rings (SSSR count). The average molecular weight is 228 g/mol. The normalized spacial score (nSPS) is 19.4. The van der Waals surface area contributed by atoms with E-state index in [1.165, 1.54) is 0 Å². The van der Waals surface area contributed by atoms with Crippen LogP contribution in [0.2, 0.25) is 0 Å². The van der Waals surface area contributed by atoms with Crippen molar-refractivity contribution in [3.8, 4) is 0 Å². The highest BCUT2D eigenvalue weighted by atomic mass is 16.5. The zero-order valence-electron chi connectivity index (χ0n) is 10.6. The number of nitrogens with zero attached hydrogens (tertiary/aromatic N) is 2. The van der Waals surface area contributed by atoms with Crippen LogP contribution in [0.25, 0.3) is 0 Å². The Morgan fingerprint density at radius 2 is 2.06 bits per heavy atom. The molecule has 0 radical (unpaired) electrons. The molecule has 0 saturated carbocycles. The van der Waals surface area contributed by atoms with Crippen molar-refractivity contribution >= 4 is 5.97 Å². The molecule has 1 aliphatic heterocycles. The van der Waals surface area contributed by atoms with Crippen LogP contribution >= 0.6 is 0 Å². The Labute approximate surface area is 98.5 Å². The number of hydrogen-bond acceptors (Lipinski definition) is 4. The molecule has 1 fully saturated rings. The van der Waals surface area contributed by atoms with Gasteiger partial charge in [0, 0.05) is 19.6 Å². The molecule has 0 spiro atoms. The summed E-state index contributed by atoms with van der Waals surface area (Å²) < 4.78 is 5.16. The van der Waals surface area contributed by atoms with Crippen LogP contribution in [-0.2, 0) is 9.53 Å². The second-order valence-corrected chi connectivity index (χ2v) is 4.51. The SMILES string of the molecule is CCCCOC(=O)CN1CCCN(C)CC1. The quantitative estimate of drug-likeness (QED) is 0.518. The molecule has 0 N–H and O–H groups in total. The summed E-state index contributed by atoms with van der Waals surface area (Å²) in [5, 5.41) is 0. The van der Waals surface area contributed by atoms with Gasteiger partial charge in [-0.2, -0.15) is 0 Å². The van der Waals surface area contributed by atoms with Crippen LogP contribution < -0.4 is 0 Å². The Kier molecular flexibility index (Phi) is 6.42. The van der Waals surface area contributed by atoms with E-state index in [4.69, 9.17) is 4.74 Å². The molecule has 1 heterocycles. The highest BCUT2D eigenvalue weighted by Gasteiger charge is 2.15. The van der Waals surface area contributed by atoms with Gasteiger partial charge in [0.05, 0.1) is 13.2 Å². The molecule has 94 valence electrons. The Hall–Kier alpha value is -0.610. The van der Waals surface area contributed by atoms with Gasteiger partial charge in [0.2, 0.25) is 0 Å². The van der Waals surface area contributed by atoms with Crippen LogP contribution in [0.3, 0.4) is 0 Å². The van der Waals surface area contributed by atoms with Crippen LogP contribution in [0, 0.1) is 0 Å². The number of rotatable bonds is 5. The van der Waals surface area contributed by atoms with Crippen LogP contribution in [-0.4, -0.2) is 62.1 Å². The van der Waals surface area contributed by atoms with Gasteiger partial charge in [-0.25, -0.2) is 0 Å². The van der Waals surface area contributed by atoms with E-state index in [1.54, 1.807) is 0 Å². The molecular weight excluding hydrogens is 204 g/mol. The molecule has 0 aromatic carbocycles. The predicted molar refractivity (Wildman–Crippen MR) is 64.4 cm³/mol. The molecule has 0 atom stereocenters. The lowest BCUT2D eigenvalue weighted by atomic mass is 10.3. The highest BCUT2D eigenvalue weighted by molar-refractivity contribution is 5.71. The Morgan fingerprint density at radius 1 is 1.25 bits per heavy atom. The van der Waals surface area contributed by atoms with Gasteiger partial charge in [-0.1, -0.05) is 13.3 Å². The number of carbonyl (C=O) groups is 1. The van der Waals surface area contributed by atoms with Crippen molar-refractivity contribution in [1.29, 1.82) is 0 Å². The summed E-state index contributed by atoms with van der Waals surface area (Å²) in [5.41, 5.74) is 0. The summed E-state index contributed by atoms with van der Waals surface area (Å²) in [6.07, 6.45) is 3.18. The van der Waals surface area contributed by atoms with E-state index >= 15 is 0 Å². The van der Waals surface area contributed by atoms with Crippen molar-refractivity contribution in [3.05, 3.63) is 0 Å². The van der Waals surface area contributed by atoms with Crippen LogP contribution in [0.5, 0.6) is 0 Å². The second kappa shape index (κ2) is 7.63. The molecule has 1 aliphatic rings. The minimum Gasteiger partial charge on any atom is -0.465 e. The Balaban J connectivity index is 2.17. The first-order valence-electron chi connectivity index (χ1n) is 6.29. The summed E-state index contributed by atoms with van der Waals surface area (Å²) >= 11 is 0. The van der Waals surface area contributed by atoms with Gasteiger partial charge < -0.3 is 9.64 Å². The minimum absolute atomic E-state index is 0.0713. The lowest BCUT2D eigenvalue weighted by Crippen LogP contribution is -2.34. The number of likely N-dealkylation sites (N-methyl/N-ethyl adjacent to an activating group) is 1. The van der Waals surface area contributed by atoms with E-state index in [-0.39, 0.29) is 5.97 Å². The molecule has 4 nitrogen and oxygen atoms in total. The molecule has 0 bridgehead atoms. The van der Waals surface area contributed by atoms with Crippen LogP contribution in [0.15, 0.2) is 0 Å². The smallest absolute Gasteiger partial charge is 0.320 e. The van der Waals surface area contributed by atoms with Crippen molar-refractivity contribution in [2.75, 3.05) is 46.4 Å². The second-order valence-electron chi connectivity index (χ2n) is 4.51. The summed E-state index contributed by atoms with van der Waals surface area (Å²) in [6.45, 7) is 7.27. The van der Waals surface area contributed by atoms with E-state index < -0.39 is 0 Å². The average Bonchev–Trinajstić information content (AvgIpc) is 2.44. The molecule has 0 amide bonds. The van der Waals surface area contributed by atoms with Crippen LogP contribution in [0.1, 0.15) is 26.2 Å². The van der Waals surface area contributed by atoms with Gasteiger partial charge in [0.1, 0.15) is 0 Å². The molecular formula is C12H24N2O2. The third kappa shape index (κ3) is 5.47. The minimum atomic E-state index is -0.0713. The van der Waals surface area contributed by atoms with E-state index in [0.29, 0.717) is 13.2 Å². The molecule has 16 heavy (non-hydrogen) atoms.